The van der Waals surface area contributed by atoms with Crippen molar-refractivity contribution in [1.29, 1.82) is 5.26 Å². The molecule has 0 saturated carbocycles. The molecule has 1 aliphatic rings. The molecule has 1 aliphatic heterocycles. The van der Waals surface area contributed by atoms with E-state index in [1.165, 1.54) is 0 Å². The number of nitriles is 1. The normalized spacial score (nSPS) is 17.9. The first-order chi connectivity index (χ1) is 8.86. The van der Waals surface area contributed by atoms with Crippen molar-refractivity contribution in [3.05, 3.63) is 28.2 Å². The van der Waals surface area contributed by atoms with Crippen LogP contribution in [0.15, 0.2) is 22.7 Å². The fraction of sp³-hybridized carbons (Fsp3) is 0.308. The first kappa shape index (κ1) is 13.6. The highest BCUT2D eigenvalue weighted by atomic mass is 79.9. The molecule has 5 nitrogen and oxygen atoms in total. The summed E-state index contributed by atoms with van der Waals surface area (Å²) in [5, 5.41) is 11.5. The van der Waals surface area contributed by atoms with Gasteiger partial charge < -0.3 is 4.90 Å². The number of nitrogens with zero attached hydrogens (tertiary/aromatic N) is 2. The molecular weight excluding hydrogens is 310 g/mol. The molecule has 0 unspecified atom stereocenters. The molecule has 19 heavy (non-hydrogen) atoms. The van der Waals surface area contributed by atoms with Crippen LogP contribution in [0.25, 0.3) is 0 Å². The monoisotopic (exact) mass is 321 g/mol. The van der Waals surface area contributed by atoms with Crippen molar-refractivity contribution in [2.45, 2.75) is 19.4 Å². The summed E-state index contributed by atoms with van der Waals surface area (Å²) in [5.74, 6) is -0.730. The van der Waals surface area contributed by atoms with E-state index in [1.54, 1.807) is 36.9 Å². The Labute approximate surface area is 119 Å². The zero-order chi connectivity index (χ0) is 14.2. The van der Waals surface area contributed by atoms with Crippen LogP contribution in [0.1, 0.15) is 19.4 Å². The Morgan fingerprint density at radius 2 is 2.11 bits per heavy atom. The quantitative estimate of drug-likeness (QED) is 0.797. The Morgan fingerprint density at radius 3 is 2.74 bits per heavy atom. The summed E-state index contributed by atoms with van der Waals surface area (Å²) in [5.41, 5.74) is 0.122. The number of halogens is 1. The summed E-state index contributed by atoms with van der Waals surface area (Å²) in [6.45, 7) is 3.49. The fourth-order valence-corrected chi connectivity index (χ4v) is 2.36. The fourth-order valence-electron chi connectivity index (χ4n) is 2.00. The molecule has 0 spiro atoms. The van der Waals surface area contributed by atoms with Crippen LogP contribution in [-0.2, 0) is 9.59 Å². The van der Waals surface area contributed by atoms with Gasteiger partial charge in [0.25, 0.3) is 5.91 Å². The molecule has 98 valence electrons. The third-order valence-electron chi connectivity index (χ3n) is 3.15. The van der Waals surface area contributed by atoms with E-state index in [0.29, 0.717) is 11.3 Å². The lowest BCUT2D eigenvalue weighted by atomic mass is 9.96. The lowest BCUT2D eigenvalue weighted by Crippen LogP contribution is -2.64. The standard InChI is InChI=1S/C13H12BrN3O2/c1-13(2)12(19)16-11(18)7-17(13)10-4-3-9(14)5-8(10)6-15/h3-5H,7H2,1-2H3,(H,16,18,19). The number of piperazine rings is 1. The summed E-state index contributed by atoms with van der Waals surface area (Å²) >= 11 is 3.30. The summed E-state index contributed by atoms with van der Waals surface area (Å²) in [4.78, 5) is 25.1. The Morgan fingerprint density at radius 1 is 1.42 bits per heavy atom. The molecule has 6 heteroatoms. The topological polar surface area (TPSA) is 73.2 Å². The number of benzene rings is 1. The molecule has 0 aliphatic carbocycles. The number of imide groups is 1. The van der Waals surface area contributed by atoms with E-state index in [0.717, 1.165) is 4.47 Å². The maximum Gasteiger partial charge on any atom is 0.251 e. The molecule has 1 saturated heterocycles. The highest BCUT2D eigenvalue weighted by molar-refractivity contribution is 9.10. The number of amides is 2. The lowest BCUT2D eigenvalue weighted by Gasteiger charge is -2.42. The van der Waals surface area contributed by atoms with Crippen molar-refractivity contribution in [2.75, 3.05) is 11.4 Å². The Balaban J connectivity index is 2.53. The molecule has 1 aromatic carbocycles. The Bertz CT molecular complexity index is 604. The van der Waals surface area contributed by atoms with Gasteiger partial charge in [0, 0.05) is 4.47 Å². The van der Waals surface area contributed by atoms with Gasteiger partial charge in [0.05, 0.1) is 17.8 Å². The van der Waals surface area contributed by atoms with E-state index in [9.17, 15) is 14.9 Å². The zero-order valence-electron chi connectivity index (χ0n) is 10.5. The lowest BCUT2D eigenvalue weighted by molar-refractivity contribution is -0.135. The second kappa shape index (κ2) is 4.67. The van der Waals surface area contributed by atoms with Crippen molar-refractivity contribution in [2.24, 2.45) is 0 Å². The van der Waals surface area contributed by atoms with Gasteiger partial charge in [-0.15, -0.1) is 0 Å². The van der Waals surface area contributed by atoms with Crippen LogP contribution in [-0.4, -0.2) is 23.9 Å². The van der Waals surface area contributed by atoms with Crippen LogP contribution in [0.4, 0.5) is 5.69 Å². The average molecular weight is 322 g/mol. The SMILES string of the molecule is CC1(C)C(=O)NC(=O)CN1c1ccc(Br)cc1C#N. The van der Waals surface area contributed by atoms with Crippen LogP contribution < -0.4 is 10.2 Å². The van der Waals surface area contributed by atoms with Gasteiger partial charge in [-0.2, -0.15) is 5.26 Å². The minimum atomic E-state index is -0.882. The largest absolute Gasteiger partial charge is 0.347 e. The predicted octanol–water partition coefficient (Wildman–Crippen LogP) is 1.56. The molecule has 0 radical (unpaired) electrons. The number of carbonyl (C=O) groups excluding carboxylic acids is 2. The minimum Gasteiger partial charge on any atom is -0.347 e. The van der Waals surface area contributed by atoms with Gasteiger partial charge in [-0.1, -0.05) is 15.9 Å². The van der Waals surface area contributed by atoms with Gasteiger partial charge >= 0.3 is 0 Å². The summed E-state index contributed by atoms with van der Waals surface area (Å²) in [6, 6.07) is 7.27. The second-order valence-electron chi connectivity index (χ2n) is 4.80. The molecular formula is C13H12BrN3O2. The molecule has 2 rings (SSSR count). The van der Waals surface area contributed by atoms with Crippen LogP contribution >= 0.6 is 15.9 Å². The molecule has 1 heterocycles. The van der Waals surface area contributed by atoms with Crippen LogP contribution in [0.5, 0.6) is 0 Å². The van der Waals surface area contributed by atoms with E-state index >= 15 is 0 Å². The molecule has 1 fully saturated rings. The Hall–Kier alpha value is -1.87. The van der Waals surface area contributed by atoms with Crippen molar-refractivity contribution < 1.29 is 9.59 Å². The summed E-state index contributed by atoms with van der Waals surface area (Å²) < 4.78 is 0.776. The highest BCUT2D eigenvalue weighted by Crippen LogP contribution is 2.31. The van der Waals surface area contributed by atoms with Crippen LogP contribution in [0.3, 0.4) is 0 Å². The predicted molar refractivity (Wildman–Crippen MR) is 73.4 cm³/mol. The van der Waals surface area contributed by atoms with E-state index < -0.39 is 5.54 Å². The maximum absolute atomic E-state index is 11.9. The number of carbonyl (C=O) groups is 2. The molecule has 0 atom stereocenters. The second-order valence-corrected chi connectivity index (χ2v) is 5.71. The van der Waals surface area contributed by atoms with Crippen molar-refractivity contribution in [3.8, 4) is 6.07 Å². The van der Waals surface area contributed by atoms with E-state index in [2.05, 4.69) is 27.3 Å². The summed E-state index contributed by atoms with van der Waals surface area (Å²) in [6.07, 6.45) is 0. The molecule has 0 aromatic heterocycles. The van der Waals surface area contributed by atoms with Crippen LogP contribution in [0.2, 0.25) is 0 Å². The van der Waals surface area contributed by atoms with Crippen LogP contribution in [0, 0.1) is 11.3 Å². The molecule has 0 bridgehead atoms. The molecule has 1 aromatic rings. The van der Waals surface area contributed by atoms with E-state index in [4.69, 9.17) is 0 Å². The number of rotatable bonds is 1. The molecule has 1 N–H and O–H groups in total. The van der Waals surface area contributed by atoms with Gasteiger partial charge in [-0.05, 0) is 32.0 Å². The van der Waals surface area contributed by atoms with Gasteiger partial charge in [0.1, 0.15) is 11.6 Å². The smallest absolute Gasteiger partial charge is 0.251 e. The number of anilines is 1. The number of nitrogens with one attached hydrogen (secondary N) is 1. The zero-order valence-corrected chi connectivity index (χ0v) is 12.1. The third kappa shape index (κ3) is 2.34. The summed E-state index contributed by atoms with van der Waals surface area (Å²) in [7, 11) is 0. The van der Waals surface area contributed by atoms with Crippen molar-refractivity contribution in [3.63, 3.8) is 0 Å². The Kier molecular flexibility index (Phi) is 3.33. The van der Waals surface area contributed by atoms with Crippen molar-refractivity contribution >= 4 is 33.4 Å². The average Bonchev–Trinajstić information content (AvgIpc) is 2.34. The van der Waals surface area contributed by atoms with E-state index in [-0.39, 0.29) is 18.4 Å². The van der Waals surface area contributed by atoms with Crippen molar-refractivity contribution in [1.82, 2.24) is 5.32 Å². The minimum absolute atomic E-state index is 0.0506. The first-order valence-electron chi connectivity index (χ1n) is 5.68. The van der Waals surface area contributed by atoms with Gasteiger partial charge in [-0.3, -0.25) is 14.9 Å². The van der Waals surface area contributed by atoms with Gasteiger partial charge in [0.2, 0.25) is 5.91 Å². The number of hydrogen-bond acceptors (Lipinski definition) is 4. The third-order valence-corrected chi connectivity index (χ3v) is 3.65. The maximum atomic E-state index is 11.9. The van der Waals surface area contributed by atoms with Gasteiger partial charge in [-0.25, -0.2) is 0 Å². The van der Waals surface area contributed by atoms with E-state index in [1.807, 2.05) is 0 Å². The molecule has 2 amide bonds. The number of hydrogen-bond donors (Lipinski definition) is 1. The highest BCUT2D eigenvalue weighted by Gasteiger charge is 2.41. The van der Waals surface area contributed by atoms with Gasteiger partial charge in [0.15, 0.2) is 0 Å². The first-order valence-corrected chi connectivity index (χ1v) is 6.47.